The van der Waals surface area contributed by atoms with E-state index in [0.717, 1.165) is 12.1 Å². The van der Waals surface area contributed by atoms with Gasteiger partial charge in [0.05, 0.1) is 19.2 Å². The van der Waals surface area contributed by atoms with Crippen molar-refractivity contribution in [1.29, 1.82) is 0 Å². The number of hydrogen-bond acceptors (Lipinski definition) is 6. The Labute approximate surface area is 172 Å². The van der Waals surface area contributed by atoms with Crippen LogP contribution in [-0.4, -0.2) is 45.2 Å². The Hall–Kier alpha value is -1.93. The maximum absolute atomic E-state index is 12.1. The molecule has 0 unspecified atom stereocenters. The van der Waals surface area contributed by atoms with Crippen molar-refractivity contribution in [1.82, 2.24) is 10.2 Å². The Kier molecular flexibility index (Phi) is 11.6. The summed E-state index contributed by atoms with van der Waals surface area (Å²) < 4.78 is 16.3. The molecule has 0 aliphatic carbocycles. The van der Waals surface area contributed by atoms with Gasteiger partial charge in [-0.15, -0.1) is 24.8 Å². The summed E-state index contributed by atoms with van der Waals surface area (Å²) >= 11 is 0. The molecule has 1 aromatic heterocycles. The van der Waals surface area contributed by atoms with Crippen LogP contribution in [0.1, 0.15) is 21.7 Å². The summed E-state index contributed by atoms with van der Waals surface area (Å²) in [6.07, 6.45) is 1.40. The molecule has 0 saturated heterocycles. The molecule has 0 aliphatic heterocycles. The lowest BCUT2D eigenvalue weighted by atomic mass is 10.2. The van der Waals surface area contributed by atoms with Crippen LogP contribution in [0.25, 0.3) is 0 Å². The largest absolute Gasteiger partial charge is 0.493 e. The van der Waals surface area contributed by atoms with E-state index in [9.17, 15) is 4.79 Å². The number of halogens is 2. The number of furan rings is 1. The van der Waals surface area contributed by atoms with E-state index in [-0.39, 0.29) is 37.3 Å². The number of nitrogens with zero attached hydrogens (tertiary/aromatic N) is 1. The second-order valence-corrected chi connectivity index (χ2v) is 5.83. The second kappa shape index (κ2) is 12.5. The molecular weight excluding hydrogens is 393 g/mol. The number of nitrogens with two attached hydrogens (primary N) is 1. The van der Waals surface area contributed by atoms with E-state index in [1.165, 1.54) is 6.26 Å². The third-order valence-corrected chi connectivity index (χ3v) is 3.59. The van der Waals surface area contributed by atoms with Crippen molar-refractivity contribution in [2.45, 2.75) is 13.1 Å². The lowest BCUT2D eigenvalue weighted by Crippen LogP contribution is -2.22. The summed E-state index contributed by atoms with van der Waals surface area (Å²) in [4.78, 5) is 14.1. The summed E-state index contributed by atoms with van der Waals surface area (Å²) in [6.45, 7) is 2.02. The Balaban J connectivity index is 0.00000338. The summed E-state index contributed by atoms with van der Waals surface area (Å²) in [7, 11) is 5.57. The first-order valence-electron chi connectivity index (χ1n) is 8.03. The fourth-order valence-electron chi connectivity index (χ4n) is 2.17. The molecule has 0 bridgehead atoms. The molecular formula is C18H27Cl2N3O4. The zero-order chi connectivity index (χ0) is 18.2. The van der Waals surface area contributed by atoms with Crippen molar-refractivity contribution in [3.05, 3.63) is 47.4 Å². The molecule has 1 amide bonds. The quantitative estimate of drug-likeness (QED) is 0.648. The van der Waals surface area contributed by atoms with Gasteiger partial charge in [-0.3, -0.25) is 4.79 Å². The lowest BCUT2D eigenvalue weighted by Gasteiger charge is -2.14. The minimum Gasteiger partial charge on any atom is -0.493 e. The third kappa shape index (κ3) is 7.68. The number of amides is 1. The molecule has 3 N–H and O–H groups in total. The summed E-state index contributed by atoms with van der Waals surface area (Å²) in [5.74, 6) is 1.68. The number of carbonyl (C=O) groups excluding carboxylic acids is 1. The monoisotopic (exact) mass is 419 g/mol. The molecule has 1 heterocycles. The van der Waals surface area contributed by atoms with Gasteiger partial charge in [0.25, 0.3) is 5.91 Å². The van der Waals surface area contributed by atoms with Gasteiger partial charge in [0, 0.05) is 13.1 Å². The van der Waals surface area contributed by atoms with E-state index in [2.05, 4.69) is 5.32 Å². The van der Waals surface area contributed by atoms with E-state index >= 15 is 0 Å². The maximum Gasteiger partial charge on any atom is 0.254 e. The van der Waals surface area contributed by atoms with Crippen LogP contribution in [-0.2, 0) is 13.1 Å². The fourth-order valence-corrected chi connectivity index (χ4v) is 2.17. The van der Waals surface area contributed by atoms with Gasteiger partial charge in [-0.1, -0.05) is 6.07 Å². The van der Waals surface area contributed by atoms with Crippen molar-refractivity contribution >= 4 is 30.7 Å². The first kappa shape index (κ1) is 25.1. The predicted molar refractivity (Wildman–Crippen MR) is 109 cm³/mol. The molecule has 9 heteroatoms. The Morgan fingerprint density at radius 2 is 1.96 bits per heavy atom. The van der Waals surface area contributed by atoms with Crippen LogP contribution in [0.4, 0.5) is 0 Å². The van der Waals surface area contributed by atoms with Crippen LogP contribution in [0.15, 0.2) is 34.9 Å². The van der Waals surface area contributed by atoms with E-state index in [1.807, 2.05) is 37.2 Å². The highest BCUT2D eigenvalue weighted by atomic mass is 35.5. The van der Waals surface area contributed by atoms with Crippen molar-refractivity contribution < 1.29 is 18.7 Å². The number of methoxy groups -OCH3 is 1. The van der Waals surface area contributed by atoms with Crippen LogP contribution in [0.5, 0.6) is 11.5 Å². The average Bonchev–Trinajstić information content (AvgIpc) is 3.09. The highest BCUT2D eigenvalue weighted by molar-refractivity contribution is 5.93. The molecule has 0 radical (unpaired) electrons. The predicted octanol–water partition coefficient (Wildman–Crippen LogP) is 2.46. The minimum atomic E-state index is -0.214. The highest BCUT2D eigenvalue weighted by Crippen LogP contribution is 2.28. The molecule has 0 saturated carbocycles. The molecule has 0 atom stereocenters. The van der Waals surface area contributed by atoms with Crippen LogP contribution in [0, 0.1) is 0 Å². The smallest absolute Gasteiger partial charge is 0.254 e. The number of nitrogens with one attached hydrogen (secondary N) is 1. The van der Waals surface area contributed by atoms with E-state index in [4.69, 9.17) is 19.6 Å². The molecule has 152 valence electrons. The van der Waals surface area contributed by atoms with Crippen LogP contribution in [0.2, 0.25) is 0 Å². The van der Waals surface area contributed by atoms with E-state index in [1.54, 1.807) is 13.2 Å². The molecule has 0 fully saturated rings. The molecule has 1 aromatic carbocycles. The van der Waals surface area contributed by atoms with Crippen molar-refractivity contribution in [3.8, 4) is 11.5 Å². The summed E-state index contributed by atoms with van der Waals surface area (Å²) in [5, 5.41) is 2.84. The van der Waals surface area contributed by atoms with Crippen molar-refractivity contribution in [2.75, 3.05) is 34.4 Å². The number of carbonyl (C=O) groups is 1. The zero-order valence-electron chi connectivity index (χ0n) is 15.7. The fraction of sp³-hybridized carbons (Fsp3) is 0.389. The molecule has 0 aliphatic rings. The van der Waals surface area contributed by atoms with E-state index < -0.39 is 0 Å². The normalized spacial score (nSPS) is 9.96. The standard InChI is InChI=1S/C18H25N3O4.2ClH/c1-21(2)6-7-24-16-5-4-13(8-17(16)23-3)11-20-18(22)14-9-15(10-19)25-12-14;;/h4-5,8-9,12H,6-7,10-11,19H2,1-3H3,(H,20,22);2*1H. The molecule has 7 nitrogen and oxygen atoms in total. The topological polar surface area (TPSA) is 90.0 Å². The Morgan fingerprint density at radius 1 is 1.22 bits per heavy atom. The van der Waals surface area contributed by atoms with Crippen LogP contribution in [0.3, 0.4) is 0 Å². The minimum absolute atomic E-state index is 0. The number of ether oxygens (including phenoxy) is 2. The van der Waals surface area contributed by atoms with Crippen LogP contribution >= 0.6 is 24.8 Å². The molecule has 0 spiro atoms. The van der Waals surface area contributed by atoms with Gasteiger partial charge in [0.15, 0.2) is 11.5 Å². The van der Waals surface area contributed by atoms with Crippen molar-refractivity contribution in [3.63, 3.8) is 0 Å². The Bertz CT molecular complexity index is 708. The van der Waals surface area contributed by atoms with Gasteiger partial charge in [0.1, 0.15) is 18.6 Å². The van der Waals surface area contributed by atoms with Gasteiger partial charge >= 0.3 is 0 Å². The SMILES string of the molecule is COc1cc(CNC(=O)c2coc(CN)c2)ccc1OCCN(C)C.Cl.Cl. The molecule has 2 aromatic rings. The van der Waals surface area contributed by atoms with Gasteiger partial charge in [0.2, 0.25) is 0 Å². The number of rotatable bonds is 9. The second-order valence-electron chi connectivity index (χ2n) is 5.83. The number of likely N-dealkylation sites (N-methyl/N-ethyl adjacent to an activating group) is 1. The van der Waals surface area contributed by atoms with Gasteiger partial charge in [-0.05, 0) is 37.9 Å². The van der Waals surface area contributed by atoms with Gasteiger partial charge < -0.3 is 29.8 Å². The first-order chi connectivity index (χ1) is 12.0. The summed E-state index contributed by atoms with van der Waals surface area (Å²) in [6, 6.07) is 7.23. The van der Waals surface area contributed by atoms with Gasteiger partial charge in [-0.2, -0.15) is 0 Å². The van der Waals surface area contributed by atoms with Crippen LogP contribution < -0.4 is 20.5 Å². The van der Waals surface area contributed by atoms with E-state index in [0.29, 0.717) is 36.0 Å². The maximum atomic E-state index is 12.1. The Morgan fingerprint density at radius 3 is 2.56 bits per heavy atom. The third-order valence-electron chi connectivity index (χ3n) is 3.59. The molecule has 2 rings (SSSR count). The highest BCUT2D eigenvalue weighted by Gasteiger charge is 2.11. The number of hydrogen-bond donors (Lipinski definition) is 2. The zero-order valence-corrected chi connectivity index (χ0v) is 17.3. The van der Waals surface area contributed by atoms with Crippen molar-refractivity contribution in [2.24, 2.45) is 5.73 Å². The van der Waals surface area contributed by atoms with Gasteiger partial charge in [-0.25, -0.2) is 0 Å². The number of benzene rings is 1. The molecule has 27 heavy (non-hydrogen) atoms. The average molecular weight is 420 g/mol. The summed E-state index contributed by atoms with van der Waals surface area (Å²) in [5.41, 5.74) is 6.84. The first-order valence-corrected chi connectivity index (χ1v) is 8.03. The lowest BCUT2D eigenvalue weighted by molar-refractivity contribution is 0.0950.